The van der Waals surface area contributed by atoms with Gasteiger partial charge in [-0.05, 0) is 23.8 Å². The average Bonchev–Trinajstić information content (AvgIpc) is 2.77. The normalized spacial score (nSPS) is 12.1. The van der Waals surface area contributed by atoms with Gasteiger partial charge in [-0.15, -0.1) is 23.7 Å². The SMILES string of the molecule is CC(C)C(N)CCN(C)C(=O)c1cccs1.Cl. The number of nitrogens with zero attached hydrogens (tertiary/aromatic N) is 1. The molecule has 1 aromatic heterocycles. The van der Waals surface area contributed by atoms with Gasteiger partial charge in [0.15, 0.2) is 0 Å². The molecule has 0 spiro atoms. The second-order valence-corrected chi connectivity index (χ2v) is 5.35. The summed E-state index contributed by atoms with van der Waals surface area (Å²) in [7, 11) is 1.83. The molecule has 1 unspecified atom stereocenters. The van der Waals surface area contributed by atoms with Crippen molar-refractivity contribution in [1.82, 2.24) is 4.90 Å². The Hall–Kier alpha value is -0.580. The van der Waals surface area contributed by atoms with Crippen molar-refractivity contribution >= 4 is 29.7 Å². The minimum atomic E-state index is 0. The Kier molecular flexibility index (Phi) is 7.43. The van der Waals surface area contributed by atoms with Crippen LogP contribution in [0.3, 0.4) is 0 Å². The van der Waals surface area contributed by atoms with E-state index in [1.165, 1.54) is 11.3 Å². The number of rotatable bonds is 5. The van der Waals surface area contributed by atoms with Crippen molar-refractivity contribution < 1.29 is 4.79 Å². The molecule has 1 amide bonds. The van der Waals surface area contributed by atoms with Crippen LogP contribution in [-0.2, 0) is 0 Å². The molecule has 1 aromatic rings. The number of carbonyl (C=O) groups is 1. The molecule has 0 saturated heterocycles. The van der Waals surface area contributed by atoms with Crippen molar-refractivity contribution in [3.63, 3.8) is 0 Å². The van der Waals surface area contributed by atoms with Crippen molar-refractivity contribution in [3.05, 3.63) is 22.4 Å². The van der Waals surface area contributed by atoms with E-state index in [0.29, 0.717) is 5.92 Å². The Morgan fingerprint density at radius 1 is 1.53 bits per heavy atom. The third-order valence-corrected chi connectivity index (χ3v) is 3.59. The van der Waals surface area contributed by atoms with Gasteiger partial charge < -0.3 is 10.6 Å². The van der Waals surface area contributed by atoms with Crippen molar-refractivity contribution in [3.8, 4) is 0 Å². The molecule has 3 nitrogen and oxygen atoms in total. The molecule has 1 heterocycles. The number of nitrogens with two attached hydrogens (primary N) is 1. The fourth-order valence-electron chi connectivity index (χ4n) is 1.37. The molecule has 0 fully saturated rings. The van der Waals surface area contributed by atoms with Gasteiger partial charge in [0.2, 0.25) is 0 Å². The van der Waals surface area contributed by atoms with Crippen LogP contribution in [0.25, 0.3) is 0 Å². The molecule has 1 atom stereocenters. The highest BCUT2D eigenvalue weighted by Crippen LogP contribution is 2.12. The fraction of sp³-hybridized carbons (Fsp3) is 0.583. The molecule has 98 valence electrons. The zero-order chi connectivity index (χ0) is 12.1. The van der Waals surface area contributed by atoms with Gasteiger partial charge >= 0.3 is 0 Å². The van der Waals surface area contributed by atoms with Crippen molar-refractivity contribution in [2.24, 2.45) is 11.7 Å². The van der Waals surface area contributed by atoms with Crippen LogP contribution in [0.5, 0.6) is 0 Å². The van der Waals surface area contributed by atoms with E-state index >= 15 is 0 Å². The number of thiophene rings is 1. The molecular formula is C12H21ClN2OS. The van der Waals surface area contributed by atoms with Gasteiger partial charge in [0.1, 0.15) is 0 Å². The number of hydrogen-bond donors (Lipinski definition) is 1. The molecule has 2 N–H and O–H groups in total. The zero-order valence-electron chi connectivity index (χ0n) is 10.6. The Labute approximate surface area is 113 Å². The second-order valence-electron chi connectivity index (χ2n) is 4.40. The molecule has 0 aliphatic carbocycles. The predicted octanol–water partition coefficient (Wildman–Crippen LogP) is 2.62. The van der Waals surface area contributed by atoms with Crippen LogP contribution in [-0.4, -0.2) is 30.4 Å². The van der Waals surface area contributed by atoms with Crippen LogP contribution in [0, 0.1) is 5.92 Å². The van der Waals surface area contributed by atoms with Crippen LogP contribution in [0.4, 0.5) is 0 Å². The third kappa shape index (κ3) is 5.06. The highest BCUT2D eigenvalue weighted by Gasteiger charge is 2.14. The van der Waals surface area contributed by atoms with Gasteiger partial charge in [-0.1, -0.05) is 19.9 Å². The lowest BCUT2D eigenvalue weighted by Gasteiger charge is -2.21. The molecule has 0 aliphatic rings. The highest BCUT2D eigenvalue weighted by atomic mass is 35.5. The van der Waals surface area contributed by atoms with Crippen LogP contribution in [0.1, 0.15) is 29.9 Å². The van der Waals surface area contributed by atoms with E-state index in [2.05, 4.69) is 13.8 Å². The Balaban J connectivity index is 0.00000256. The number of hydrogen-bond acceptors (Lipinski definition) is 3. The minimum absolute atomic E-state index is 0. The summed E-state index contributed by atoms with van der Waals surface area (Å²) < 4.78 is 0. The molecule has 0 bridgehead atoms. The largest absolute Gasteiger partial charge is 0.341 e. The smallest absolute Gasteiger partial charge is 0.263 e. The molecule has 0 saturated carbocycles. The Bertz CT molecular complexity index is 327. The topological polar surface area (TPSA) is 46.3 Å². The van der Waals surface area contributed by atoms with E-state index in [9.17, 15) is 4.79 Å². The van der Waals surface area contributed by atoms with E-state index in [1.54, 1.807) is 4.90 Å². The van der Waals surface area contributed by atoms with Gasteiger partial charge in [-0.25, -0.2) is 0 Å². The molecule has 5 heteroatoms. The van der Waals surface area contributed by atoms with Crippen LogP contribution < -0.4 is 5.73 Å². The molecule has 0 aliphatic heterocycles. The maximum absolute atomic E-state index is 11.9. The van der Waals surface area contributed by atoms with E-state index in [-0.39, 0.29) is 24.4 Å². The molecule has 0 aromatic carbocycles. The summed E-state index contributed by atoms with van der Waals surface area (Å²) in [6.45, 7) is 4.92. The summed E-state index contributed by atoms with van der Waals surface area (Å²) in [6.07, 6.45) is 0.852. The summed E-state index contributed by atoms with van der Waals surface area (Å²) in [6, 6.07) is 3.91. The van der Waals surface area contributed by atoms with Gasteiger partial charge in [-0.2, -0.15) is 0 Å². The number of halogens is 1. The predicted molar refractivity (Wildman–Crippen MR) is 76.0 cm³/mol. The maximum atomic E-state index is 11.9. The highest BCUT2D eigenvalue weighted by molar-refractivity contribution is 7.12. The minimum Gasteiger partial charge on any atom is -0.341 e. The first-order valence-electron chi connectivity index (χ1n) is 5.57. The zero-order valence-corrected chi connectivity index (χ0v) is 12.2. The lowest BCUT2D eigenvalue weighted by atomic mass is 10.0. The van der Waals surface area contributed by atoms with E-state index < -0.39 is 0 Å². The van der Waals surface area contributed by atoms with Gasteiger partial charge in [0.05, 0.1) is 4.88 Å². The first kappa shape index (κ1) is 16.4. The van der Waals surface area contributed by atoms with Crippen LogP contribution >= 0.6 is 23.7 Å². The standard InChI is InChI=1S/C12H20N2OS.ClH/c1-9(2)10(13)6-7-14(3)12(15)11-5-4-8-16-11;/h4-5,8-10H,6-7,13H2,1-3H3;1H. The van der Waals surface area contributed by atoms with E-state index in [4.69, 9.17) is 5.73 Å². The first-order valence-corrected chi connectivity index (χ1v) is 6.45. The van der Waals surface area contributed by atoms with Gasteiger partial charge in [0.25, 0.3) is 5.91 Å². The summed E-state index contributed by atoms with van der Waals surface area (Å²) in [5.41, 5.74) is 5.95. The Morgan fingerprint density at radius 3 is 2.65 bits per heavy atom. The molecular weight excluding hydrogens is 256 g/mol. The third-order valence-electron chi connectivity index (χ3n) is 2.73. The molecule has 17 heavy (non-hydrogen) atoms. The monoisotopic (exact) mass is 276 g/mol. The van der Waals surface area contributed by atoms with Crippen LogP contribution in [0.15, 0.2) is 17.5 Å². The van der Waals surface area contributed by atoms with Gasteiger partial charge in [0, 0.05) is 19.6 Å². The summed E-state index contributed by atoms with van der Waals surface area (Å²) in [4.78, 5) is 14.4. The number of carbonyl (C=O) groups excluding carboxylic acids is 1. The van der Waals surface area contributed by atoms with E-state index in [1.807, 2.05) is 24.6 Å². The van der Waals surface area contributed by atoms with E-state index in [0.717, 1.165) is 17.8 Å². The lowest BCUT2D eigenvalue weighted by molar-refractivity contribution is 0.0794. The van der Waals surface area contributed by atoms with Crippen LogP contribution in [0.2, 0.25) is 0 Å². The number of amides is 1. The maximum Gasteiger partial charge on any atom is 0.263 e. The lowest BCUT2D eigenvalue weighted by Crippen LogP contribution is -2.34. The average molecular weight is 277 g/mol. The second kappa shape index (κ2) is 7.69. The molecule has 0 radical (unpaired) electrons. The Morgan fingerprint density at radius 2 is 2.18 bits per heavy atom. The van der Waals surface area contributed by atoms with Gasteiger partial charge in [-0.3, -0.25) is 4.79 Å². The summed E-state index contributed by atoms with van der Waals surface area (Å²) in [5.74, 6) is 0.552. The van der Waals surface area contributed by atoms with Crippen molar-refractivity contribution in [2.75, 3.05) is 13.6 Å². The summed E-state index contributed by atoms with van der Waals surface area (Å²) >= 11 is 1.48. The summed E-state index contributed by atoms with van der Waals surface area (Å²) in [5, 5.41) is 1.92. The van der Waals surface area contributed by atoms with Crippen molar-refractivity contribution in [2.45, 2.75) is 26.3 Å². The first-order chi connectivity index (χ1) is 7.52. The fourth-order valence-corrected chi connectivity index (χ4v) is 2.08. The van der Waals surface area contributed by atoms with Crippen molar-refractivity contribution in [1.29, 1.82) is 0 Å². The molecule has 1 rings (SSSR count). The quantitative estimate of drug-likeness (QED) is 0.899.